The van der Waals surface area contributed by atoms with Crippen LogP contribution in [0.25, 0.3) is 0 Å². The highest BCUT2D eigenvalue weighted by atomic mass is 19.1. The summed E-state index contributed by atoms with van der Waals surface area (Å²) in [7, 11) is 0. The van der Waals surface area contributed by atoms with Crippen molar-refractivity contribution in [2.24, 2.45) is 0 Å². The van der Waals surface area contributed by atoms with Crippen molar-refractivity contribution < 1.29 is 9.50 Å². The normalized spacial score (nSPS) is 12.1. The Kier molecular flexibility index (Phi) is 4.74. The average Bonchev–Trinajstić information content (AvgIpc) is 2.29. The van der Waals surface area contributed by atoms with Gasteiger partial charge in [0.1, 0.15) is 0 Å². The number of nitriles is 1. The van der Waals surface area contributed by atoms with Crippen LogP contribution in [0.4, 0.5) is 4.39 Å². The zero-order chi connectivity index (χ0) is 12.0. The molecule has 16 heavy (non-hydrogen) atoms. The summed E-state index contributed by atoms with van der Waals surface area (Å²) in [4.78, 5) is 0. The molecule has 1 aromatic rings. The Balaban J connectivity index is 2.60. The number of benzene rings is 1. The van der Waals surface area contributed by atoms with Crippen LogP contribution in [0.15, 0.2) is 18.2 Å². The third-order valence-electron chi connectivity index (χ3n) is 2.48. The summed E-state index contributed by atoms with van der Waals surface area (Å²) in [6, 6.07) is 6.58. The summed E-state index contributed by atoms with van der Waals surface area (Å²) < 4.78 is 13.0. The Labute approximate surface area is 94.5 Å². The number of para-hydroxylation sites is 1. The van der Waals surface area contributed by atoms with Gasteiger partial charge in [0, 0.05) is 18.2 Å². The number of phenolic OH excluding ortho intramolecular Hbond substituents is 1. The molecule has 3 nitrogen and oxygen atoms in total. The zero-order valence-corrected chi connectivity index (χ0v) is 9.20. The predicted octanol–water partition coefficient (Wildman–Crippen LogP) is 2.31. The van der Waals surface area contributed by atoms with Gasteiger partial charge >= 0.3 is 0 Å². The van der Waals surface area contributed by atoms with Gasteiger partial charge in [-0.1, -0.05) is 19.1 Å². The molecule has 0 aliphatic heterocycles. The van der Waals surface area contributed by atoms with E-state index in [2.05, 4.69) is 11.4 Å². The third-order valence-corrected chi connectivity index (χ3v) is 2.48. The highest BCUT2D eigenvalue weighted by Gasteiger charge is 2.09. The van der Waals surface area contributed by atoms with Crippen molar-refractivity contribution in [3.8, 4) is 11.8 Å². The fourth-order valence-electron chi connectivity index (χ4n) is 1.43. The molecule has 0 amide bonds. The Hall–Kier alpha value is -1.60. The van der Waals surface area contributed by atoms with Crippen LogP contribution in [0.3, 0.4) is 0 Å². The van der Waals surface area contributed by atoms with E-state index in [1.54, 1.807) is 12.1 Å². The average molecular weight is 222 g/mol. The molecule has 0 aliphatic carbocycles. The van der Waals surface area contributed by atoms with E-state index in [0.717, 1.165) is 6.42 Å². The highest BCUT2D eigenvalue weighted by molar-refractivity contribution is 5.33. The van der Waals surface area contributed by atoms with E-state index in [0.29, 0.717) is 18.5 Å². The Morgan fingerprint density at radius 3 is 2.94 bits per heavy atom. The molecular weight excluding hydrogens is 207 g/mol. The van der Waals surface area contributed by atoms with Crippen molar-refractivity contribution in [2.45, 2.75) is 32.4 Å². The molecule has 1 aromatic carbocycles. The SMILES string of the molecule is CCC(CC#N)NCc1cccc(F)c1O. The van der Waals surface area contributed by atoms with Gasteiger partial charge in [-0.3, -0.25) is 0 Å². The van der Waals surface area contributed by atoms with E-state index in [9.17, 15) is 9.50 Å². The minimum atomic E-state index is -0.618. The van der Waals surface area contributed by atoms with Gasteiger partial charge in [-0.15, -0.1) is 0 Å². The fourth-order valence-corrected chi connectivity index (χ4v) is 1.43. The highest BCUT2D eigenvalue weighted by Crippen LogP contribution is 2.20. The largest absolute Gasteiger partial charge is 0.505 e. The molecule has 4 heteroatoms. The topological polar surface area (TPSA) is 56.0 Å². The molecule has 0 radical (unpaired) electrons. The van der Waals surface area contributed by atoms with E-state index >= 15 is 0 Å². The number of hydrogen-bond acceptors (Lipinski definition) is 3. The van der Waals surface area contributed by atoms with Gasteiger partial charge in [-0.05, 0) is 12.5 Å². The van der Waals surface area contributed by atoms with Crippen LogP contribution in [0.1, 0.15) is 25.3 Å². The maximum Gasteiger partial charge on any atom is 0.165 e. The van der Waals surface area contributed by atoms with Gasteiger partial charge in [0.25, 0.3) is 0 Å². The lowest BCUT2D eigenvalue weighted by Gasteiger charge is -2.14. The smallest absolute Gasteiger partial charge is 0.165 e. The minimum absolute atomic E-state index is 0.0765. The Bertz CT molecular complexity index is 387. The molecule has 2 N–H and O–H groups in total. The number of aromatic hydroxyl groups is 1. The molecule has 1 atom stereocenters. The van der Waals surface area contributed by atoms with Crippen molar-refractivity contribution in [1.29, 1.82) is 5.26 Å². The molecule has 0 fully saturated rings. The zero-order valence-electron chi connectivity index (χ0n) is 9.20. The van der Waals surface area contributed by atoms with Crippen LogP contribution in [0.5, 0.6) is 5.75 Å². The number of rotatable bonds is 5. The van der Waals surface area contributed by atoms with Gasteiger partial charge in [0.15, 0.2) is 11.6 Å². The molecule has 0 bridgehead atoms. The van der Waals surface area contributed by atoms with Crippen LogP contribution in [0.2, 0.25) is 0 Å². The van der Waals surface area contributed by atoms with E-state index < -0.39 is 5.82 Å². The van der Waals surface area contributed by atoms with E-state index in [-0.39, 0.29) is 11.8 Å². The molecule has 1 rings (SSSR count). The van der Waals surface area contributed by atoms with Crippen molar-refractivity contribution >= 4 is 0 Å². The summed E-state index contributed by atoms with van der Waals surface area (Å²) in [5, 5.41) is 21.1. The molecule has 0 spiro atoms. The van der Waals surface area contributed by atoms with Crippen molar-refractivity contribution in [3.63, 3.8) is 0 Å². The Morgan fingerprint density at radius 1 is 1.56 bits per heavy atom. The molecule has 0 aromatic heterocycles. The van der Waals surface area contributed by atoms with Crippen molar-refractivity contribution in [2.75, 3.05) is 0 Å². The first-order valence-electron chi connectivity index (χ1n) is 5.25. The molecule has 0 saturated heterocycles. The van der Waals surface area contributed by atoms with Crippen molar-refractivity contribution in [1.82, 2.24) is 5.32 Å². The molecular formula is C12H15FN2O. The lowest BCUT2D eigenvalue weighted by Crippen LogP contribution is -2.27. The molecule has 0 saturated carbocycles. The standard InChI is InChI=1S/C12H15FN2O/c1-2-10(6-7-14)15-8-9-4-3-5-11(13)12(9)16/h3-5,10,15-16H,2,6,8H2,1H3. The second kappa shape index (κ2) is 6.09. The molecule has 86 valence electrons. The number of phenols is 1. The maximum atomic E-state index is 13.0. The first kappa shape index (κ1) is 12.5. The number of nitrogens with one attached hydrogen (secondary N) is 1. The Morgan fingerprint density at radius 2 is 2.31 bits per heavy atom. The van der Waals surface area contributed by atoms with E-state index in [1.807, 2.05) is 6.92 Å². The summed E-state index contributed by atoms with van der Waals surface area (Å²) in [6.45, 7) is 2.34. The van der Waals surface area contributed by atoms with Gasteiger partial charge in [0.05, 0.1) is 12.5 Å². The van der Waals surface area contributed by atoms with Gasteiger partial charge in [0.2, 0.25) is 0 Å². The fraction of sp³-hybridized carbons (Fsp3) is 0.417. The van der Waals surface area contributed by atoms with Gasteiger partial charge < -0.3 is 10.4 Å². The number of halogens is 1. The third kappa shape index (κ3) is 3.21. The first-order valence-corrected chi connectivity index (χ1v) is 5.25. The summed E-state index contributed by atoms with van der Waals surface area (Å²) in [5.74, 6) is -0.936. The van der Waals surface area contributed by atoms with E-state index in [1.165, 1.54) is 6.07 Å². The summed E-state index contributed by atoms with van der Waals surface area (Å²) >= 11 is 0. The van der Waals surface area contributed by atoms with Crippen LogP contribution < -0.4 is 5.32 Å². The number of nitrogens with zero attached hydrogens (tertiary/aromatic N) is 1. The lowest BCUT2D eigenvalue weighted by atomic mass is 10.1. The van der Waals surface area contributed by atoms with Gasteiger partial charge in [-0.2, -0.15) is 5.26 Å². The van der Waals surface area contributed by atoms with Crippen LogP contribution >= 0.6 is 0 Å². The van der Waals surface area contributed by atoms with Crippen LogP contribution in [-0.4, -0.2) is 11.1 Å². The number of hydrogen-bond donors (Lipinski definition) is 2. The monoisotopic (exact) mass is 222 g/mol. The van der Waals surface area contributed by atoms with Crippen LogP contribution in [-0.2, 0) is 6.54 Å². The molecule has 0 heterocycles. The summed E-state index contributed by atoms with van der Waals surface area (Å²) in [6.07, 6.45) is 1.23. The predicted molar refractivity (Wildman–Crippen MR) is 59.2 cm³/mol. The minimum Gasteiger partial charge on any atom is -0.505 e. The van der Waals surface area contributed by atoms with E-state index in [4.69, 9.17) is 5.26 Å². The van der Waals surface area contributed by atoms with Crippen molar-refractivity contribution in [3.05, 3.63) is 29.6 Å². The molecule has 0 aliphatic rings. The molecule has 1 unspecified atom stereocenters. The lowest BCUT2D eigenvalue weighted by molar-refractivity contribution is 0.418. The second-order valence-corrected chi connectivity index (χ2v) is 3.60. The van der Waals surface area contributed by atoms with Crippen LogP contribution in [0, 0.1) is 17.1 Å². The summed E-state index contributed by atoms with van der Waals surface area (Å²) in [5.41, 5.74) is 0.511. The van der Waals surface area contributed by atoms with Gasteiger partial charge in [-0.25, -0.2) is 4.39 Å². The maximum absolute atomic E-state index is 13.0. The second-order valence-electron chi connectivity index (χ2n) is 3.60. The quantitative estimate of drug-likeness (QED) is 0.803. The first-order chi connectivity index (χ1) is 7.69.